The summed E-state index contributed by atoms with van der Waals surface area (Å²) in [4.78, 5) is 12.2. The minimum atomic E-state index is -0.527. The summed E-state index contributed by atoms with van der Waals surface area (Å²) in [5.74, 6) is -0.310. The van der Waals surface area contributed by atoms with Crippen molar-refractivity contribution < 1.29 is 14.6 Å². The van der Waals surface area contributed by atoms with Crippen molar-refractivity contribution in [3.8, 4) is 17.6 Å². The minimum absolute atomic E-state index is 0.105. The number of hydrogen-bond acceptors (Lipinski definition) is 4. The molecule has 2 aromatic rings. The maximum Gasteiger partial charge on any atom is 0.259 e. The molecule has 0 unspecified atom stereocenters. The van der Waals surface area contributed by atoms with Gasteiger partial charge in [-0.1, -0.05) is 22.0 Å². The zero-order valence-corrected chi connectivity index (χ0v) is 12.6. The van der Waals surface area contributed by atoms with Crippen LogP contribution in [0.25, 0.3) is 0 Å². The first-order valence-electron chi connectivity index (χ1n) is 5.93. The predicted octanol–water partition coefficient (Wildman–Crippen LogP) is 3.29. The second-order valence-corrected chi connectivity index (χ2v) is 5.03. The number of hydrogen-bond donors (Lipinski definition) is 2. The van der Waals surface area contributed by atoms with Crippen LogP contribution in [0.5, 0.6) is 11.5 Å². The third kappa shape index (κ3) is 3.15. The fourth-order valence-electron chi connectivity index (χ4n) is 1.80. The van der Waals surface area contributed by atoms with Crippen LogP contribution >= 0.6 is 15.9 Å². The van der Waals surface area contributed by atoms with E-state index in [4.69, 9.17) is 10.00 Å². The van der Waals surface area contributed by atoms with Gasteiger partial charge in [0.1, 0.15) is 23.3 Å². The van der Waals surface area contributed by atoms with Gasteiger partial charge in [-0.3, -0.25) is 4.79 Å². The van der Waals surface area contributed by atoms with Gasteiger partial charge in [0.2, 0.25) is 0 Å². The zero-order valence-electron chi connectivity index (χ0n) is 11.1. The number of phenolic OH excluding ortho intramolecular Hbond substituents is 1. The van der Waals surface area contributed by atoms with E-state index < -0.39 is 5.91 Å². The molecule has 2 N–H and O–H groups in total. The molecule has 0 aliphatic carbocycles. The highest BCUT2D eigenvalue weighted by Crippen LogP contribution is 2.29. The minimum Gasteiger partial charge on any atom is -0.507 e. The van der Waals surface area contributed by atoms with Crippen molar-refractivity contribution in [1.29, 1.82) is 5.26 Å². The van der Waals surface area contributed by atoms with Crippen molar-refractivity contribution in [2.45, 2.75) is 0 Å². The van der Waals surface area contributed by atoms with Crippen LogP contribution in [0, 0.1) is 11.3 Å². The average molecular weight is 347 g/mol. The van der Waals surface area contributed by atoms with E-state index in [0.717, 1.165) is 0 Å². The molecule has 21 heavy (non-hydrogen) atoms. The molecular weight excluding hydrogens is 336 g/mol. The third-order valence-corrected chi connectivity index (χ3v) is 3.30. The van der Waals surface area contributed by atoms with Gasteiger partial charge in [-0.05, 0) is 30.3 Å². The summed E-state index contributed by atoms with van der Waals surface area (Å²) in [7, 11) is 1.45. The SMILES string of the molecule is COc1cccc(C#N)c1NC(=O)c1ccc(Br)cc1O. The second kappa shape index (κ2) is 6.29. The molecule has 0 saturated carbocycles. The number of anilines is 1. The molecule has 5 nitrogen and oxygen atoms in total. The fourth-order valence-corrected chi connectivity index (χ4v) is 2.15. The van der Waals surface area contributed by atoms with Gasteiger partial charge in [-0.2, -0.15) is 5.26 Å². The van der Waals surface area contributed by atoms with Gasteiger partial charge in [-0.15, -0.1) is 0 Å². The fraction of sp³-hybridized carbons (Fsp3) is 0.0667. The smallest absolute Gasteiger partial charge is 0.259 e. The Labute approximate surface area is 129 Å². The molecule has 0 atom stereocenters. The molecule has 0 aromatic heterocycles. The Bertz CT molecular complexity index is 738. The molecule has 0 heterocycles. The number of aromatic hydroxyl groups is 1. The quantitative estimate of drug-likeness (QED) is 0.893. The summed E-state index contributed by atoms with van der Waals surface area (Å²) in [5, 5.41) is 21.5. The van der Waals surface area contributed by atoms with E-state index in [0.29, 0.717) is 10.2 Å². The number of nitriles is 1. The lowest BCUT2D eigenvalue weighted by Crippen LogP contribution is -2.14. The van der Waals surface area contributed by atoms with E-state index in [2.05, 4.69) is 21.2 Å². The number of rotatable bonds is 3. The van der Waals surface area contributed by atoms with E-state index in [1.54, 1.807) is 24.3 Å². The lowest BCUT2D eigenvalue weighted by molar-refractivity contribution is 0.102. The largest absolute Gasteiger partial charge is 0.507 e. The summed E-state index contributed by atoms with van der Waals surface area (Å²) in [6.07, 6.45) is 0. The van der Waals surface area contributed by atoms with Gasteiger partial charge in [0.15, 0.2) is 0 Å². The molecule has 0 spiro atoms. The first-order chi connectivity index (χ1) is 10.1. The predicted molar refractivity (Wildman–Crippen MR) is 81.5 cm³/mol. The number of ether oxygens (including phenoxy) is 1. The van der Waals surface area contributed by atoms with Crippen LogP contribution in [-0.4, -0.2) is 18.1 Å². The van der Waals surface area contributed by atoms with Gasteiger partial charge < -0.3 is 15.2 Å². The number of nitrogens with one attached hydrogen (secondary N) is 1. The van der Waals surface area contributed by atoms with Crippen molar-refractivity contribution in [2.24, 2.45) is 0 Å². The van der Waals surface area contributed by atoms with E-state index in [-0.39, 0.29) is 22.6 Å². The van der Waals surface area contributed by atoms with Crippen LogP contribution in [0.3, 0.4) is 0 Å². The zero-order chi connectivity index (χ0) is 15.4. The Morgan fingerprint density at radius 1 is 1.38 bits per heavy atom. The first kappa shape index (κ1) is 14.9. The number of para-hydroxylation sites is 1. The lowest BCUT2D eigenvalue weighted by Gasteiger charge is -2.12. The van der Waals surface area contributed by atoms with Gasteiger partial charge in [0.05, 0.1) is 18.2 Å². The van der Waals surface area contributed by atoms with Crippen LogP contribution in [0.2, 0.25) is 0 Å². The Balaban J connectivity index is 2.38. The highest BCUT2D eigenvalue weighted by atomic mass is 79.9. The number of benzene rings is 2. The summed E-state index contributed by atoms with van der Waals surface area (Å²) >= 11 is 3.20. The third-order valence-electron chi connectivity index (χ3n) is 2.81. The number of carbonyl (C=O) groups is 1. The van der Waals surface area contributed by atoms with Crippen LogP contribution in [0.4, 0.5) is 5.69 Å². The van der Waals surface area contributed by atoms with E-state index in [1.165, 1.54) is 19.2 Å². The van der Waals surface area contributed by atoms with Crippen LogP contribution < -0.4 is 10.1 Å². The number of halogens is 1. The van der Waals surface area contributed by atoms with Crippen LogP contribution in [-0.2, 0) is 0 Å². The number of amides is 1. The number of carbonyl (C=O) groups excluding carboxylic acids is 1. The standard InChI is InChI=1S/C15H11BrN2O3/c1-21-13-4-2-3-9(8-17)14(13)18-15(20)11-6-5-10(16)7-12(11)19/h2-7,19H,1H3,(H,18,20). The molecule has 0 saturated heterocycles. The molecule has 106 valence electrons. The van der Waals surface area contributed by atoms with Crippen molar-refractivity contribution in [3.05, 3.63) is 52.0 Å². The van der Waals surface area contributed by atoms with Crippen molar-refractivity contribution >= 4 is 27.5 Å². The van der Waals surface area contributed by atoms with Crippen molar-refractivity contribution in [1.82, 2.24) is 0 Å². The van der Waals surface area contributed by atoms with Crippen LogP contribution in [0.1, 0.15) is 15.9 Å². The van der Waals surface area contributed by atoms with Gasteiger partial charge in [-0.25, -0.2) is 0 Å². The number of methoxy groups -OCH3 is 1. The normalized spacial score (nSPS) is 9.76. The number of phenols is 1. The molecule has 2 aromatic carbocycles. The van der Waals surface area contributed by atoms with Crippen molar-refractivity contribution in [2.75, 3.05) is 12.4 Å². The maximum absolute atomic E-state index is 12.2. The maximum atomic E-state index is 12.2. The van der Waals surface area contributed by atoms with Crippen LogP contribution in [0.15, 0.2) is 40.9 Å². The van der Waals surface area contributed by atoms with E-state index in [1.807, 2.05) is 6.07 Å². The molecule has 1 amide bonds. The topological polar surface area (TPSA) is 82.3 Å². The molecule has 2 rings (SSSR count). The summed E-state index contributed by atoms with van der Waals surface area (Å²) in [6.45, 7) is 0. The van der Waals surface area contributed by atoms with Gasteiger partial charge >= 0.3 is 0 Å². The molecule has 0 aliphatic heterocycles. The molecule has 0 bridgehead atoms. The molecular formula is C15H11BrN2O3. The van der Waals surface area contributed by atoms with E-state index >= 15 is 0 Å². The number of nitrogens with zero attached hydrogens (tertiary/aromatic N) is 1. The van der Waals surface area contributed by atoms with E-state index in [9.17, 15) is 9.90 Å². The van der Waals surface area contributed by atoms with Gasteiger partial charge in [0.25, 0.3) is 5.91 Å². The van der Waals surface area contributed by atoms with Gasteiger partial charge in [0, 0.05) is 4.47 Å². The Morgan fingerprint density at radius 2 is 2.14 bits per heavy atom. The van der Waals surface area contributed by atoms with Crippen molar-refractivity contribution in [3.63, 3.8) is 0 Å². The summed E-state index contributed by atoms with van der Waals surface area (Å²) < 4.78 is 5.80. The highest BCUT2D eigenvalue weighted by molar-refractivity contribution is 9.10. The molecule has 0 fully saturated rings. The Hall–Kier alpha value is -2.52. The molecule has 6 heteroatoms. The highest BCUT2D eigenvalue weighted by Gasteiger charge is 2.16. The summed E-state index contributed by atoms with van der Waals surface area (Å²) in [5.41, 5.74) is 0.655. The Morgan fingerprint density at radius 3 is 2.76 bits per heavy atom. The summed E-state index contributed by atoms with van der Waals surface area (Å²) in [6, 6.07) is 11.4. The first-order valence-corrected chi connectivity index (χ1v) is 6.73. The second-order valence-electron chi connectivity index (χ2n) is 4.11. The monoisotopic (exact) mass is 346 g/mol. The molecule has 0 radical (unpaired) electrons. The molecule has 0 aliphatic rings. The lowest BCUT2D eigenvalue weighted by atomic mass is 10.1. The average Bonchev–Trinajstić information content (AvgIpc) is 2.47. The Kier molecular flexibility index (Phi) is 4.45.